The molecule has 200 valence electrons. The van der Waals surface area contributed by atoms with Gasteiger partial charge in [-0.05, 0) is 49.4 Å². The van der Waals surface area contributed by atoms with E-state index in [-0.39, 0.29) is 18.1 Å². The molecule has 5 rings (SSSR count). The van der Waals surface area contributed by atoms with Gasteiger partial charge in [0, 0.05) is 53.9 Å². The van der Waals surface area contributed by atoms with E-state index in [0.29, 0.717) is 40.5 Å². The van der Waals surface area contributed by atoms with E-state index in [2.05, 4.69) is 32.7 Å². The Kier molecular flexibility index (Phi) is 8.64. The molecule has 1 unspecified atom stereocenters. The van der Waals surface area contributed by atoms with Gasteiger partial charge in [0.05, 0.1) is 11.9 Å². The highest BCUT2D eigenvalue weighted by Gasteiger charge is 2.29. The molecule has 0 amide bonds. The molecule has 0 spiro atoms. The highest BCUT2D eigenvalue weighted by molar-refractivity contribution is 6.36. The van der Waals surface area contributed by atoms with Crippen molar-refractivity contribution in [2.75, 3.05) is 30.7 Å². The van der Waals surface area contributed by atoms with Crippen LogP contribution < -0.4 is 16.4 Å². The third kappa shape index (κ3) is 6.56. The van der Waals surface area contributed by atoms with Crippen LogP contribution in [0.2, 0.25) is 10.0 Å². The number of benzene rings is 2. The number of nitrogen functional groups attached to an aromatic ring is 1. The van der Waals surface area contributed by atoms with Crippen molar-refractivity contribution in [1.29, 1.82) is 0 Å². The number of nitrogens with one attached hydrogen (secondary N) is 2. The molecule has 1 aromatic heterocycles. The smallest absolute Gasteiger partial charge is 0.324 e. The zero-order chi connectivity index (χ0) is 26.5. The Morgan fingerprint density at radius 3 is 2.71 bits per heavy atom. The second-order valence-electron chi connectivity index (χ2n) is 9.83. The van der Waals surface area contributed by atoms with Gasteiger partial charge in [0.25, 0.3) is 0 Å². The normalized spacial score (nSPS) is 18.4. The Morgan fingerprint density at radius 1 is 1.16 bits per heavy atom. The highest BCUT2D eigenvalue weighted by Crippen LogP contribution is 2.27. The molecule has 1 saturated carbocycles. The number of hydrogen-bond acceptors (Lipinski definition) is 8. The summed E-state index contributed by atoms with van der Waals surface area (Å²) >= 11 is 12.6. The van der Waals surface area contributed by atoms with Crippen LogP contribution in [0, 0.1) is 0 Å². The van der Waals surface area contributed by atoms with Gasteiger partial charge in [-0.2, -0.15) is 0 Å². The van der Waals surface area contributed by atoms with Gasteiger partial charge < -0.3 is 21.1 Å². The Balaban J connectivity index is 1.24. The maximum Gasteiger partial charge on any atom is 0.324 e. The molecule has 10 heteroatoms. The van der Waals surface area contributed by atoms with Crippen LogP contribution >= 0.6 is 23.2 Å². The van der Waals surface area contributed by atoms with Gasteiger partial charge in [0.1, 0.15) is 12.1 Å². The molecular formula is C28H32Cl2N6O2. The zero-order valence-corrected chi connectivity index (χ0v) is 22.6. The predicted molar refractivity (Wildman–Crippen MR) is 151 cm³/mol. The molecule has 1 aliphatic heterocycles. The van der Waals surface area contributed by atoms with E-state index in [1.165, 1.54) is 0 Å². The van der Waals surface area contributed by atoms with Crippen LogP contribution in [-0.2, 0) is 22.6 Å². The zero-order valence-electron chi connectivity index (χ0n) is 21.1. The van der Waals surface area contributed by atoms with E-state index >= 15 is 0 Å². The lowest BCUT2D eigenvalue weighted by Gasteiger charge is -2.33. The molecule has 2 fully saturated rings. The summed E-state index contributed by atoms with van der Waals surface area (Å²) in [5.74, 6) is 0.629. The molecule has 4 N–H and O–H groups in total. The first kappa shape index (κ1) is 26.7. The molecular weight excluding hydrogens is 523 g/mol. The van der Waals surface area contributed by atoms with Gasteiger partial charge in [-0.1, -0.05) is 47.5 Å². The average Bonchev–Trinajstić information content (AvgIpc) is 3.43. The Hall–Kier alpha value is -2.91. The topological polar surface area (TPSA) is 105 Å². The first-order valence-corrected chi connectivity index (χ1v) is 13.8. The number of nitrogens with zero attached hydrogens (tertiary/aromatic N) is 3. The fraction of sp³-hybridized carbons (Fsp3) is 0.393. The van der Waals surface area contributed by atoms with Crippen LogP contribution in [0.5, 0.6) is 0 Å². The summed E-state index contributed by atoms with van der Waals surface area (Å²) < 4.78 is 5.73. The largest absolute Gasteiger partial charge is 0.461 e. The Bertz CT molecular complexity index is 1260. The molecule has 2 heterocycles. The van der Waals surface area contributed by atoms with Crippen molar-refractivity contribution in [2.45, 2.75) is 50.9 Å². The van der Waals surface area contributed by atoms with Crippen LogP contribution in [0.3, 0.4) is 0 Å². The van der Waals surface area contributed by atoms with Gasteiger partial charge in [-0.15, -0.1) is 0 Å². The van der Waals surface area contributed by atoms with Crippen molar-refractivity contribution in [3.8, 4) is 11.3 Å². The van der Waals surface area contributed by atoms with Crippen molar-refractivity contribution in [3.05, 3.63) is 69.8 Å². The molecule has 2 aliphatic rings. The number of carbonyl (C=O) groups excluding carboxylic acids is 1. The lowest BCUT2D eigenvalue weighted by Crippen LogP contribution is -2.54. The quantitative estimate of drug-likeness (QED) is 0.337. The number of nitrogens with two attached hydrogens (primary N) is 1. The van der Waals surface area contributed by atoms with E-state index in [1.54, 1.807) is 24.4 Å². The SMILES string of the molecule is Nc1ncc(-c2cccc(CN3CCNC(C(=O)OC4CCCC4)C3)c2)nc1NCc1c(Cl)cccc1Cl. The van der Waals surface area contributed by atoms with Crippen molar-refractivity contribution < 1.29 is 9.53 Å². The third-order valence-corrected chi connectivity index (χ3v) is 7.76. The maximum atomic E-state index is 12.7. The molecule has 0 bridgehead atoms. The number of anilines is 2. The fourth-order valence-electron chi connectivity index (χ4n) is 4.99. The minimum absolute atomic E-state index is 0.0819. The Labute approximate surface area is 232 Å². The van der Waals surface area contributed by atoms with E-state index in [4.69, 9.17) is 38.7 Å². The summed E-state index contributed by atoms with van der Waals surface area (Å²) in [7, 11) is 0. The van der Waals surface area contributed by atoms with Gasteiger partial charge in [-0.25, -0.2) is 9.97 Å². The third-order valence-electron chi connectivity index (χ3n) is 7.05. The Morgan fingerprint density at radius 2 is 1.92 bits per heavy atom. The minimum Gasteiger partial charge on any atom is -0.461 e. The van der Waals surface area contributed by atoms with Crippen molar-refractivity contribution in [3.63, 3.8) is 0 Å². The molecule has 1 atom stereocenters. The number of esters is 1. The second-order valence-corrected chi connectivity index (χ2v) is 10.6. The summed E-state index contributed by atoms with van der Waals surface area (Å²) in [6, 6.07) is 13.3. The molecule has 3 aromatic rings. The fourth-order valence-corrected chi connectivity index (χ4v) is 5.52. The molecule has 2 aromatic carbocycles. The van der Waals surface area contributed by atoms with Crippen molar-refractivity contribution in [2.24, 2.45) is 0 Å². The van der Waals surface area contributed by atoms with E-state index in [0.717, 1.165) is 62.0 Å². The van der Waals surface area contributed by atoms with E-state index < -0.39 is 0 Å². The first-order chi connectivity index (χ1) is 18.5. The van der Waals surface area contributed by atoms with Crippen LogP contribution in [0.25, 0.3) is 11.3 Å². The number of halogens is 2. The summed E-state index contributed by atoms with van der Waals surface area (Å²) in [6.07, 6.45) is 6.00. The second kappa shape index (κ2) is 12.3. The standard InChI is InChI=1S/C28H32Cl2N6O2/c29-22-9-4-10-23(30)21(22)14-34-27-26(31)33-15-24(35-27)19-6-3-5-18(13-19)16-36-12-11-32-25(17-36)28(37)38-20-7-1-2-8-20/h3-6,9-10,13,15,20,25,32H,1-2,7-8,11-12,14,16-17H2,(H2,31,33)(H,34,35). The summed E-state index contributed by atoms with van der Waals surface area (Å²) in [5.41, 5.74) is 9.63. The minimum atomic E-state index is -0.296. The predicted octanol–water partition coefficient (Wildman–Crippen LogP) is 4.90. The molecule has 38 heavy (non-hydrogen) atoms. The van der Waals surface area contributed by atoms with Gasteiger partial charge in [0.15, 0.2) is 11.6 Å². The molecule has 1 saturated heterocycles. The number of hydrogen-bond donors (Lipinski definition) is 3. The molecule has 8 nitrogen and oxygen atoms in total. The highest BCUT2D eigenvalue weighted by atomic mass is 35.5. The van der Waals surface area contributed by atoms with E-state index in [1.807, 2.05) is 12.1 Å². The summed E-state index contributed by atoms with van der Waals surface area (Å²) in [4.78, 5) is 24.0. The monoisotopic (exact) mass is 554 g/mol. The first-order valence-electron chi connectivity index (χ1n) is 13.0. The van der Waals surface area contributed by atoms with Gasteiger partial charge in [0.2, 0.25) is 0 Å². The maximum absolute atomic E-state index is 12.7. The number of carbonyl (C=O) groups is 1. The number of piperazine rings is 1. The molecule has 1 aliphatic carbocycles. The lowest BCUT2D eigenvalue weighted by molar-refractivity contribution is -0.152. The van der Waals surface area contributed by atoms with Gasteiger partial charge >= 0.3 is 5.97 Å². The van der Waals surface area contributed by atoms with Crippen LogP contribution in [0.15, 0.2) is 48.7 Å². The number of aromatic nitrogens is 2. The number of rotatable bonds is 8. The van der Waals surface area contributed by atoms with Crippen LogP contribution in [-0.4, -0.2) is 52.6 Å². The van der Waals surface area contributed by atoms with E-state index in [9.17, 15) is 4.79 Å². The summed E-state index contributed by atoms with van der Waals surface area (Å²) in [5, 5.41) is 7.68. The summed E-state index contributed by atoms with van der Waals surface area (Å²) in [6.45, 7) is 3.32. The molecule has 0 radical (unpaired) electrons. The van der Waals surface area contributed by atoms with Crippen LogP contribution in [0.1, 0.15) is 36.8 Å². The lowest BCUT2D eigenvalue weighted by atomic mass is 10.1. The number of ether oxygens (including phenoxy) is 1. The van der Waals surface area contributed by atoms with Crippen molar-refractivity contribution >= 4 is 40.8 Å². The van der Waals surface area contributed by atoms with Crippen molar-refractivity contribution in [1.82, 2.24) is 20.2 Å². The van der Waals surface area contributed by atoms with Gasteiger partial charge in [-0.3, -0.25) is 9.69 Å². The average molecular weight is 556 g/mol. The van der Waals surface area contributed by atoms with Crippen LogP contribution in [0.4, 0.5) is 11.6 Å².